The van der Waals surface area contributed by atoms with Gasteiger partial charge in [-0.05, 0) is 40.8 Å². The lowest BCUT2D eigenvalue weighted by atomic mass is 9.70. The fourth-order valence-corrected chi connectivity index (χ4v) is 6.31. The van der Waals surface area contributed by atoms with Gasteiger partial charge in [0.15, 0.2) is 0 Å². The molecule has 1 aromatic carbocycles. The smallest absolute Gasteiger partial charge is 0.295 e. The Kier molecular flexibility index (Phi) is 4.05. The highest BCUT2D eigenvalue weighted by Gasteiger charge is 2.41. The molecule has 10 nitrogen and oxygen atoms in total. The first-order chi connectivity index (χ1) is 13.2. The van der Waals surface area contributed by atoms with E-state index >= 15 is 0 Å². The molecule has 3 aliphatic rings. The minimum atomic E-state index is -4.91. The summed E-state index contributed by atoms with van der Waals surface area (Å²) < 4.78 is 100. The monoisotopic (exact) mass is 459 g/mol. The molecule has 0 heterocycles. The van der Waals surface area contributed by atoms with E-state index in [-0.39, 0.29) is 34.4 Å². The molecule has 4 rings (SSSR count). The Balaban J connectivity index is 2.22. The van der Waals surface area contributed by atoms with Crippen molar-refractivity contribution in [3.63, 3.8) is 0 Å². The van der Waals surface area contributed by atoms with Gasteiger partial charge in [-0.15, -0.1) is 0 Å². The summed E-state index contributed by atoms with van der Waals surface area (Å²) >= 11 is 0. The maximum absolute atomic E-state index is 11.9. The summed E-state index contributed by atoms with van der Waals surface area (Å²) in [4.78, 5) is -2.00. The van der Waals surface area contributed by atoms with Crippen LogP contribution >= 0.6 is 0 Å². The summed E-state index contributed by atoms with van der Waals surface area (Å²) in [5, 5.41) is 0. The Morgan fingerprint density at radius 3 is 2.07 bits per heavy atom. The third kappa shape index (κ3) is 2.97. The number of allylic oxidation sites excluding steroid dienone is 5. The topological polar surface area (TPSA) is 189 Å². The van der Waals surface area contributed by atoms with Crippen LogP contribution in [0.3, 0.4) is 0 Å². The van der Waals surface area contributed by atoms with Crippen molar-refractivity contribution in [3.05, 3.63) is 62.7 Å². The van der Waals surface area contributed by atoms with Crippen LogP contribution in [0.15, 0.2) is 55.8 Å². The van der Waals surface area contributed by atoms with Gasteiger partial charge in [-0.25, -0.2) is 0 Å². The van der Waals surface area contributed by atoms with Crippen molar-refractivity contribution < 1.29 is 38.9 Å². The summed E-state index contributed by atoms with van der Waals surface area (Å²) in [5.74, 6) is -1.01. The molecule has 1 unspecified atom stereocenters. The number of benzene rings is 1. The van der Waals surface area contributed by atoms with Crippen LogP contribution in [-0.4, -0.2) is 38.9 Å². The van der Waals surface area contributed by atoms with Gasteiger partial charge in [-0.3, -0.25) is 13.7 Å². The molecule has 29 heavy (non-hydrogen) atoms. The SMILES string of the molecule is NC1=CC(S(=O)(=O)O)=C2C=Cc3c(S(=O)(=O)O)cc(S(=O)(=O)O)c4c3C2C1=CC4. The lowest BCUT2D eigenvalue weighted by molar-refractivity contribution is 0.478. The van der Waals surface area contributed by atoms with E-state index in [0.717, 1.165) is 6.08 Å². The summed E-state index contributed by atoms with van der Waals surface area (Å²) in [5.41, 5.74) is 6.42. The van der Waals surface area contributed by atoms with Gasteiger partial charge in [0.1, 0.15) is 9.80 Å². The standard InChI is InChI=1S/C16H13NO9S3/c17-11-5-12(27(18,19)20)8-3-4-10-14(29(24,25)26)6-13(28(21,22)23)9-2-1-7(11)15(8)16(9)10/h1,3-6,15H,2,17H2,(H,18,19,20)(H,21,22,23)(H,24,25,26). The van der Waals surface area contributed by atoms with E-state index in [1.807, 2.05) is 0 Å². The van der Waals surface area contributed by atoms with Crippen LogP contribution in [0.1, 0.15) is 22.6 Å². The van der Waals surface area contributed by atoms with Gasteiger partial charge in [0.2, 0.25) is 0 Å². The summed E-state index contributed by atoms with van der Waals surface area (Å²) in [6, 6.07) is 0.655. The van der Waals surface area contributed by atoms with Crippen molar-refractivity contribution >= 4 is 36.4 Å². The van der Waals surface area contributed by atoms with Gasteiger partial charge in [-0.1, -0.05) is 18.2 Å². The van der Waals surface area contributed by atoms with Crippen molar-refractivity contribution in [2.24, 2.45) is 5.73 Å². The van der Waals surface area contributed by atoms with Gasteiger partial charge >= 0.3 is 0 Å². The fraction of sp³-hybridized carbons (Fsp3) is 0.125. The molecule has 3 aliphatic carbocycles. The average Bonchev–Trinajstić information content (AvgIpc) is 2.57. The van der Waals surface area contributed by atoms with Crippen LogP contribution in [0.5, 0.6) is 0 Å². The lowest BCUT2D eigenvalue weighted by Crippen LogP contribution is -2.27. The van der Waals surface area contributed by atoms with Crippen molar-refractivity contribution in [3.8, 4) is 0 Å². The molecular formula is C16H13NO9S3. The van der Waals surface area contributed by atoms with Crippen molar-refractivity contribution in [1.29, 1.82) is 0 Å². The quantitative estimate of drug-likeness (QED) is 0.470. The van der Waals surface area contributed by atoms with Crippen molar-refractivity contribution in [1.82, 2.24) is 0 Å². The van der Waals surface area contributed by atoms with Gasteiger partial charge in [-0.2, -0.15) is 25.3 Å². The molecule has 13 heteroatoms. The molecule has 0 saturated carbocycles. The predicted molar refractivity (Wildman–Crippen MR) is 100 cm³/mol. The second-order valence-electron chi connectivity index (χ2n) is 6.65. The Morgan fingerprint density at radius 2 is 1.52 bits per heavy atom. The second kappa shape index (κ2) is 5.87. The zero-order valence-electron chi connectivity index (χ0n) is 14.3. The third-order valence-corrected chi connectivity index (χ3v) is 7.77. The fourth-order valence-electron chi connectivity index (χ4n) is 3.99. The average molecular weight is 459 g/mol. The Labute approximate surface area is 166 Å². The zero-order chi connectivity index (χ0) is 21.5. The van der Waals surface area contributed by atoms with Crippen molar-refractivity contribution in [2.75, 3.05) is 0 Å². The number of hydrogen-bond acceptors (Lipinski definition) is 7. The summed E-state index contributed by atoms with van der Waals surface area (Å²) in [7, 11) is -14.5. The van der Waals surface area contributed by atoms with E-state index < -0.39 is 51.0 Å². The van der Waals surface area contributed by atoms with Crippen LogP contribution in [-0.2, 0) is 36.8 Å². The number of rotatable bonds is 3. The minimum Gasteiger partial charge on any atom is -0.398 e. The van der Waals surface area contributed by atoms with Crippen molar-refractivity contribution in [2.45, 2.75) is 22.1 Å². The minimum absolute atomic E-state index is 0.0102. The molecule has 0 bridgehead atoms. The molecule has 0 spiro atoms. The van der Waals surface area contributed by atoms with E-state index in [9.17, 15) is 38.9 Å². The summed E-state index contributed by atoms with van der Waals surface area (Å²) in [6.45, 7) is 0. The highest BCUT2D eigenvalue weighted by Crippen LogP contribution is 2.51. The highest BCUT2D eigenvalue weighted by atomic mass is 32.2. The zero-order valence-corrected chi connectivity index (χ0v) is 16.7. The Morgan fingerprint density at radius 1 is 0.897 bits per heavy atom. The predicted octanol–water partition coefficient (Wildman–Crippen LogP) is 0.771. The van der Waals surface area contributed by atoms with Crippen LogP contribution < -0.4 is 5.73 Å². The Hall–Kier alpha value is -2.29. The number of hydrogen-bond donors (Lipinski definition) is 4. The highest BCUT2D eigenvalue weighted by molar-refractivity contribution is 7.90. The lowest BCUT2D eigenvalue weighted by Gasteiger charge is -2.36. The molecule has 1 aromatic rings. The van der Waals surface area contributed by atoms with E-state index in [4.69, 9.17) is 5.73 Å². The normalized spacial score (nSPS) is 20.9. The van der Waals surface area contributed by atoms with Gasteiger partial charge in [0.25, 0.3) is 30.4 Å². The van der Waals surface area contributed by atoms with Crippen LogP contribution in [0.2, 0.25) is 0 Å². The maximum Gasteiger partial charge on any atom is 0.295 e. The van der Waals surface area contributed by atoms with Gasteiger partial charge in [0, 0.05) is 17.2 Å². The van der Waals surface area contributed by atoms with E-state index in [0.29, 0.717) is 11.6 Å². The maximum atomic E-state index is 11.9. The molecule has 0 aromatic heterocycles. The third-order valence-electron chi connectivity index (χ3n) is 5.04. The summed E-state index contributed by atoms with van der Waals surface area (Å²) in [6.07, 6.45) is 4.99. The largest absolute Gasteiger partial charge is 0.398 e. The number of nitrogens with two attached hydrogens (primary N) is 1. The molecular weight excluding hydrogens is 446 g/mol. The molecule has 0 radical (unpaired) electrons. The van der Waals surface area contributed by atoms with Gasteiger partial charge in [0.05, 0.1) is 4.90 Å². The van der Waals surface area contributed by atoms with E-state index in [1.165, 1.54) is 18.2 Å². The van der Waals surface area contributed by atoms with E-state index in [2.05, 4.69) is 0 Å². The van der Waals surface area contributed by atoms with Crippen LogP contribution in [0.4, 0.5) is 0 Å². The first kappa shape index (κ1) is 20.0. The van der Waals surface area contributed by atoms with Gasteiger partial charge < -0.3 is 5.73 Å². The molecule has 0 saturated heterocycles. The first-order valence-electron chi connectivity index (χ1n) is 7.93. The molecule has 0 fully saturated rings. The first-order valence-corrected chi connectivity index (χ1v) is 12.3. The molecule has 5 N–H and O–H groups in total. The van der Waals surface area contributed by atoms with Crippen LogP contribution in [0, 0.1) is 0 Å². The van der Waals surface area contributed by atoms with E-state index in [1.54, 1.807) is 0 Å². The molecule has 0 aliphatic heterocycles. The van der Waals surface area contributed by atoms with Crippen LogP contribution in [0.25, 0.3) is 6.08 Å². The second-order valence-corrected chi connectivity index (χ2v) is 10.8. The molecule has 0 amide bonds. The Bertz CT molecular complexity index is 1440. The molecule has 1 atom stereocenters. The molecule has 154 valence electrons.